The lowest BCUT2D eigenvalue weighted by atomic mass is 10.1. The maximum absolute atomic E-state index is 10.4. The van der Waals surface area contributed by atoms with E-state index in [9.17, 15) is 9.90 Å². The number of carbonyl (C=O) groups is 1. The van der Waals surface area contributed by atoms with Crippen molar-refractivity contribution >= 4 is 5.97 Å². The molecule has 0 aromatic heterocycles. The van der Waals surface area contributed by atoms with Gasteiger partial charge in [-0.2, -0.15) is 0 Å². The summed E-state index contributed by atoms with van der Waals surface area (Å²) >= 11 is 0. The third kappa shape index (κ3) is 4.16. The van der Waals surface area contributed by atoms with Gasteiger partial charge < -0.3 is 9.84 Å². The van der Waals surface area contributed by atoms with Crippen molar-refractivity contribution in [2.45, 2.75) is 20.0 Å². The minimum Gasteiger partial charge on any atom is -0.453 e. The lowest BCUT2D eigenvalue weighted by Crippen LogP contribution is -1.99. The lowest BCUT2D eigenvalue weighted by Gasteiger charge is -2.03. The molecule has 0 saturated carbocycles. The number of ether oxygens (including phenoxy) is 1. The zero-order valence-corrected chi connectivity index (χ0v) is 9.36. The van der Waals surface area contributed by atoms with Crippen LogP contribution in [-0.4, -0.2) is 17.7 Å². The number of hydrogen-bond acceptors (Lipinski definition) is 3. The molecule has 0 amide bonds. The van der Waals surface area contributed by atoms with Crippen LogP contribution < -0.4 is 0 Å². The second-order valence-electron chi connectivity index (χ2n) is 3.41. The van der Waals surface area contributed by atoms with Crippen molar-refractivity contribution in [2.75, 3.05) is 6.61 Å². The van der Waals surface area contributed by atoms with Crippen LogP contribution in [0.25, 0.3) is 0 Å². The highest BCUT2D eigenvalue weighted by atomic mass is 16.5. The largest absolute Gasteiger partial charge is 0.453 e. The Morgan fingerprint density at radius 2 is 2.06 bits per heavy atom. The fourth-order valence-electron chi connectivity index (χ4n) is 1.11. The first-order valence-corrected chi connectivity index (χ1v) is 4.96. The summed E-state index contributed by atoms with van der Waals surface area (Å²) in [6.07, 6.45) is -0.837. The number of aliphatic hydroxyl groups excluding tert-OH is 1. The average Bonchev–Trinajstić information content (AvgIpc) is 2.25. The molecule has 0 heterocycles. The van der Waals surface area contributed by atoms with E-state index in [1.807, 2.05) is 31.2 Å². The molecule has 0 aliphatic carbocycles. The van der Waals surface area contributed by atoms with Gasteiger partial charge in [0.25, 0.3) is 0 Å². The summed E-state index contributed by atoms with van der Waals surface area (Å²) in [5.74, 6) is 4.81. The molecule has 0 fully saturated rings. The molecule has 1 aromatic carbocycles. The van der Waals surface area contributed by atoms with E-state index in [0.717, 1.165) is 11.1 Å². The fraction of sp³-hybridized carbons (Fsp3) is 0.308. The molecule has 3 heteroatoms. The fourth-order valence-corrected chi connectivity index (χ4v) is 1.11. The zero-order chi connectivity index (χ0) is 12.0. The minimum absolute atomic E-state index is 0.0122. The van der Waals surface area contributed by atoms with Gasteiger partial charge in [0.2, 0.25) is 0 Å². The molecule has 1 atom stereocenters. The van der Waals surface area contributed by atoms with Crippen LogP contribution in [0.5, 0.6) is 0 Å². The molecule has 1 N–H and O–H groups in total. The Morgan fingerprint density at radius 3 is 2.62 bits per heavy atom. The highest BCUT2D eigenvalue weighted by Gasteiger charge is 2.01. The predicted octanol–water partition coefficient (Wildman–Crippen LogP) is 1.59. The maximum Gasteiger partial charge on any atom is 0.303 e. The van der Waals surface area contributed by atoms with Crippen molar-refractivity contribution in [1.29, 1.82) is 0 Å². The molecule has 3 nitrogen and oxygen atoms in total. The van der Waals surface area contributed by atoms with E-state index in [1.165, 1.54) is 6.92 Å². The smallest absolute Gasteiger partial charge is 0.303 e. The normalized spacial score (nSPS) is 11.2. The molecule has 0 radical (unpaired) electrons. The van der Waals surface area contributed by atoms with Crippen LogP contribution in [0.15, 0.2) is 24.3 Å². The van der Waals surface area contributed by atoms with E-state index in [4.69, 9.17) is 0 Å². The Labute approximate surface area is 95.1 Å². The first kappa shape index (κ1) is 12.3. The van der Waals surface area contributed by atoms with Crippen molar-refractivity contribution in [3.63, 3.8) is 0 Å². The molecule has 0 unspecified atom stereocenters. The monoisotopic (exact) mass is 218 g/mol. The number of hydrogen-bond donors (Lipinski definition) is 1. The number of aliphatic hydroxyl groups is 1. The van der Waals surface area contributed by atoms with Crippen molar-refractivity contribution in [3.05, 3.63) is 35.4 Å². The van der Waals surface area contributed by atoms with Gasteiger partial charge >= 0.3 is 5.97 Å². The summed E-state index contributed by atoms with van der Waals surface area (Å²) in [6.45, 7) is 3.30. The molecule has 1 rings (SSSR count). The molecular formula is C13H14O3. The van der Waals surface area contributed by atoms with Crippen LogP contribution in [0, 0.1) is 18.8 Å². The highest BCUT2D eigenvalue weighted by molar-refractivity contribution is 5.66. The predicted molar refractivity (Wildman–Crippen MR) is 60.5 cm³/mol. The molecule has 1 aromatic rings. The van der Waals surface area contributed by atoms with Crippen LogP contribution in [0.2, 0.25) is 0 Å². The van der Waals surface area contributed by atoms with Gasteiger partial charge in [-0.25, -0.2) is 0 Å². The first-order chi connectivity index (χ1) is 7.59. The zero-order valence-electron chi connectivity index (χ0n) is 9.36. The van der Waals surface area contributed by atoms with Crippen LogP contribution in [-0.2, 0) is 9.53 Å². The summed E-state index contributed by atoms with van der Waals surface area (Å²) in [4.78, 5) is 10.4. The van der Waals surface area contributed by atoms with E-state index < -0.39 is 6.10 Å². The summed E-state index contributed by atoms with van der Waals surface area (Å²) in [5, 5.41) is 9.66. The Kier molecular flexibility index (Phi) is 4.56. The van der Waals surface area contributed by atoms with Gasteiger partial charge in [0.1, 0.15) is 6.10 Å². The van der Waals surface area contributed by atoms with E-state index in [2.05, 4.69) is 16.6 Å². The van der Waals surface area contributed by atoms with Crippen LogP contribution in [0.1, 0.15) is 24.2 Å². The third-order valence-corrected chi connectivity index (χ3v) is 1.98. The van der Waals surface area contributed by atoms with Crippen LogP contribution in [0.4, 0.5) is 0 Å². The van der Waals surface area contributed by atoms with Crippen molar-refractivity contribution < 1.29 is 14.6 Å². The summed E-state index contributed by atoms with van der Waals surface area (Å²) < 4.78 is 4.62. The highest BCUT2D eigenvalue weighted by Crippen LogP contribution is 2.12. The standard InChI is InChI=1S/C13H14O3/c1-10-5-7-12(8-6-10)13(15)4-3-9-16-11(2)14/h5-8,13,15H,9H2,1-2H3/t13-/m1/s1. The van der Waals surface area contributed by atoms with E-state index in [0.29, 0.717) is 0 Å². The molecule has 0 aliphatic heterocycles. The Balaban J connectivity index is 2.54. The van der Waals surface area contributed by atoms with Crippen molar-refractivity contribution in [3.8, 4) is 11.8 Å². The van der Waals surface area contributed by atoms with Gasteiger partial charge in [0.15, 0.2) is 6.61 Å². The molecule has 0 saturated heterocycles. The first-order valence-electron chi connectivity index (χ1n) is 4.96. The molecule has 0 bridgehead atoms. The van der Waals surface area contributed by atoms with E-state index in [1.54, 1.807) is 0 Å². The van der Waals surface area contributed by atoms with Gasteiger partial charge in [0.05, 0.1) is 0 Å². The number of carbonyl (C=O) groups excluding carboxylic acids is 1. The lowest BCUT2D eigenvalue weighted by molar-refractivity contribution is -0.139. The number of rotatable bonds is 2. The van der Waals surface area contributed by atoms with Gasteiger partial charge in [0, 0.05) is 6.92 Å². The van der Waals surface area contributed by atoms with Crippen molar-refractivity contribution in [2.24, 2.45) is 0 Å². The Hall–Kier alpha value is -1.79. The van der Waals surface area contributed by atoms with E-state index in [-0.39, 0.29) is 12.6 Å². The number of aryl methyl sites for hydroxylation is 1. The second kappa shape index (κ2) is 5.94. The molecular weight excluding hydrogens is 204 g/mol. The van der Waals surface area contributed by atoms with Crippen molar-refractivity contribution in [1.82, 2.24) is 0 Å². The maximum atomic E-state index is 10.4. The minimum atomic E-state index is -0.837. The number of esters is 1. The molecule has 84 valence electrons. The Bertz CT molecular complexity index is 409. The van der Waals surface area contributed by atoms with E-state index >= 15 is 0 Å². The van der Waals surface area contributed by atoms with Gasteiger partial charge in [-0.1, -0.05) is 41.7 Å². The van der Waals surface area contributed by atoms with Gasteiger partial charge in [-0.3, -0.25) is 4.79 Å². The average molecular weight is 218 g/mol. The quantitative estimate of drug-likeness (QED) is 0.605. The van der Waals surface area contributed by atoms with Crippen LogP contribution >= 0.6 is 0 Å². The molecule has 0 aliphatic rings. The molecule has 0 spiro atoms. The number of benzene rings is 1. The second-order valence-corrected chi connectivity index (χ2v) is 3.41. The SMILES string of the molecule is CC(=O)OCC#C[C@@H](O)c1ccc(C)cc1. The van der Waals surface area contributed by atoms with Gasteiger partial charge in [-0.05, 0) is 12.5 Å². The topological polar surface area (TPSA) is 46.5 Å². The summed E-state index contributed by atoms with van der Waals surface area (Å²) in [5.41, 5.74) is 1.87. The summed E-state index contributed by atoms with van der Waals surface area (Å²) in [6, 6.07) is 7.46. The van der Waals surface area contributed by atoms with Gasteiger partial charge in [-0.15, -0.1) is 0 Å². The summed E-state index contributed by atoms with van der Waals surface area (Å²) in [7, 11) is 0. The Morgan fingerprint density at radius 1 is 1.44 bits per heavy atom. The molecule has 16 heavy (non-hydrogen) atoms. The third-order valence-electron chi connectivity index (χ3n) is 1.98. The van der Waals surface area contributed by atoms with Crippen LogP contribution in [0.3, 0.4) is 0 Å².